The highest BCUT2D eigenvalue weighted by atomic mass is 35.5. The maximum atomic E-state index is 12.6. The molecule has 0 fully saturated rings. The molecule has 0 radical (unpaired) electrons. The molecule has 36 heavy (non-hydrogen) atoms. The molecule has 0 atom stereocenters. The zero-order valence-electron chi connectivity index (χ0n) is 19.7. The number of hydrogen-bond donors (Lipinski definition) is 2. The minimum Gasteiger partial charge on any atom is -0.497 e. The summed E-state index contributed by atoms with van der Waals surface area (Å²) in [7, 11) is 1.55. The van der Waals surface area contributed by atoms with E-state index in [0.717, 1.165) is 0 Å². The van der Waals surface area contributed by atoms with Gasteiger partial charge in [0.2, 0.25) is 0 Å². The molecule has 0 aliphatic carbocycles. The number of methoxy groups -OCH3 is 1. The van der Waals surface area contributed by atoms with Crippen LogP contribution < -0.4 is 24.8 Å². The smallest absolute Gasteiger partial charge is 0.266 e. The van der Waals surface area contributed by atoms with Crippen LogP contribution in [-0.2, 0) is 9.59 Å². The van der Waals surface area contributed by atoms with Crippen LogP contribution in [-0.4, -0.2) is 32.1 Å². The van der Waals surface area contributed by atoms with Gasteiger partial charge in [-0.05, 0) is 67.1 Å². The van der Waals surface area contributed by atoms with E-state index in [4.69, 9.17) is 25.8 Å². The third-order valence-electron chi connectivity index (χ3n) is 4.80. The summed E-state index contributed by atoms with van der Waals surface area (Å²) in [6.07, 6.45) is 1.44. The highest BCUT2D eigenvalue weighted by Gasteiger charge is 2.13. The number of nitrogens with one attached hydrogen (secondary N) is 2. The zero-order chi connectivity index (χ0) is 25.9. The lowest BCUT2D eigenvalue weighted by atomic mass is 10.1. The molecule has 0 spiro atoms. The van der Waals surface area contributed by atoms with Crippen molar-refractivity contribution in [3.63, 3.8) is 0 Å². The van der Waals surface area contributed by atoms with Gasteiger partial charge in [0.15, 0.2) is 18.1 Å². The van der Waals surface area contributed by atoms with Gasteiger partial charge in [-0.2, -0.15) is 5.26 Å². The third-order valence-corrected chi connectivity index (χ3v) is 5.13. The molecule has 0 aromatic heterocycles. The second kappa shape index (κ2) is 12.8. The highest BCUT2D eigenvalue weighted by molar-refractivity contribution is 6.33. The van der Waals surface area contributed by atoms with Crippen molar-refractivity contribution in [2.45, 2.75) is 6.92 Å². The van der Waals surface area contributed by atoms with Crippen LogP contribution in [0.5, 0.6) is 17.2 Å². The molecule has 8 nitrogen and oxygen atoms in total. The van der Waals surface area contributed by atoms with Crippen LogP contribution in [0.2, 0.25) is 5.02 Å². The molecule has 0 bridgehead atoms. The number of amides is 2. The van der Waals surface area contributed by atoms with Crippen LogP contribution in [0.4, 0.5) is 11.4 Å². The van der Waals surface area contributed by atoms with E-state index in [2.05, 4.69) is 10.6 Å². The second-order valence-corrected chi connectivity index (χ2v) is 7.72. The first-order valence-electron chi connectivity index (χ1n) is 10.9. The number of halogens is 1. The average Bonchev–Trinajstić information content (AvgIpc) is 2.88. The van der Waals surface area contributed by atoms with Crippen molar-refractivity contribution in [1.82, 2.24) is 0 Å². The highest BCUT2D eigenvalue weighted by Crippen LogP contribution is 2.30. The maximum absolute atomic E-state index is 12.6. The summed E-state index contributed by atoms with van der Waals surface area (Å²) in [5.74, 6) is 0.402. The first kappa shape index (κ1) is 26.1. The number of carbonyl (C=O) groups excluding carboxylic acids is 2. The van der Waals surface area contributed by atoms with Gasteiger partial charge < -0.3 is 24.8 Å². The van der Waals surface area contributed by atoms with Crippen molar-refractivity contribution < 1.29 is 23.8 Å². The molecule has 3 aromatic rings. The van der Waals surface area contributed by atoms with Crippen molar-refractivity contribution in [3.8, 4) is 23.3 Å². The van der Waals surface area contributed by atoms with Crippen molar-refractivity contribution >= 4 is 40.9 Å². The van der Waals surface area contributed by atoms with Crippen LogP contribution in [0.15, 0.2) is 72.3 Å². The standard InChI is InChI=1S/C27H24ClN3O5/c1-3-35-25-15-18(14-19(16-29)27(33)30-20-9-11-21(34-2)12-10-20)8-13-24(25)36-17-26(32)31-23-7-5-4-6-22(23)28/h4-15H,3,17H2,1-2H3,(H,30,33)(H,31,32)/b19-14-. The molecule has 2 amide bonds. The quantitative estimate of drug-likeness (QED) is 0.285. The van der Waals surface area contributed by atoms with Crippen LogP contribution in [0.3, 0.4) is 0 Å². The lowest BCUT2D eigenvalue weighted by Gasteiger charge is -2.13. The summed E-state index contributed by atoms with van der Waals surface area (Å²) in [6.45, 7) is 1.88. The molecule has 3 rings (SSSR count). The molecular weight excluding hydrogens is 482 g/mol. The fourth-order valence-electron chi connectivity index (χ4n) is 3.08. The Hall–Kier alpha value is -4.48. The molecule has 184 valence electrons. The van der Waals surface area contributed by atoms with Crippen molar-refractivity contribution in [2.24, 2.45) is 0 Å². The number of carbonyl (C=O) groups is 2. The Kier molecular flexibility index (Phi) is 9.32. The van der Waals surface area contributed by atoms with Gasteiger partial charge in [0.1, 0.15) is 17.4 Å². The van der Waals surface area contributed by atoms with Gasteiger partial charge >= 0.3 is 0 Å². The van der Waals surface area contributed by atoms with E-state index in [9.17, 15) is 14.9 Å². The van der Waals surface area contributed by atoms with Crippen LogP contribution >= 0.6 is 11.6 Å². The van der Waals surface area contributed by atoms with E-state index in [1.165, 1.54) is 6.08 Å². The minimum atomic E-state index is -0.558. The number of ether oxygens (including phenoxy) is 3. The summed E-state index contributed by atoms with van der Waals surface area (Å²) in [4.78, 5) is 24.9. The predicted molar refractivity (Wildman–Crippen MR) is 138 cm³/mol. The van der Waals surface area contributed by atoms with Gasteiger partial charge in [-0.1, -0.05) is 29.8 Å². The fraction of sp³-hybridized carbons (Fsp3) is 0.148. The molecule has 0 unspecified atom stereocenters. The second-order valence-electron chi connectivity index (χ2n) is 7.31. The van der Waals surface area contributed by atoms with E-state index in [1.54, 1.807) is 80.8 Å². The lowest BCUT2D eigenvalue weighted by Crippen LogP contribution is -2.20. The van der Waals surface area contributed by atoms with E-state index in [0.29, 0.717) is 45.8 Å². The topological polar surface area (TPSA) is 110 Å². The van der Waals surface area contributed by atoms with Crippen molar-refractivity contribution in [2.75, 3.05) is 31.0 Å². The molecule has 0 saturated carbocycles. The third kappa shape index (κ3) is 7.26. The maximum Gasteiger partial charge on any atom is 0.266 e. The van der Waals surface area contributed by atoms with E-state index < -0.39 is 11.8 Å². The van der Waals surface area contributed by atoms with Crippen LogP contribution in [0.1, 0.15) is 12.5 Å². The fourth-order valence-corrected chi connectivity index (χ4v) is 3.27. The normalized spacial score (nSPS) is 10.7. The zero-order valence-corrected chi connectivity index (χ0v) is 20.5. The molecule has 2 N–H and O–H groups in total. The Morgan fingerprint density at radius 2 is 1.75 bits per heavy atom. The molecule has 0 aliphatic heterocycles. The Morgan fingerprint density at radius 3 is 2.42 bits per heavy atom. The van der Waals surface area contributed by atoms with Gasteiger partial charge in [0.25, 0.3) is 11.8 Å². The number of para-hydroxylation sites is 1. The molecule has 9 heteroatoms. The largest absolute Gasteiger partial charge is 0.497 e. The Balaban J connectivity index is 1.70. The number of nitriles is 1. The Morgan fingerprint density at radius 1 is 1.00 bits per heavy atom. The number of rotatable bonds is 10. The molecule has 0 heterocycles. The molecule has 0 aliphatic rings. The number of benzene rings is 3. The monoisotopic (exact) mass is 505 g/mol. The molecule has 0 saturated heterocycles. The van der Waals surface area contributed by atoms with Gasteiger partial charge in [-0.15, -0.1) is 0 Å². The SMILES string of the molecule is CCOc1cc(/C=C(/C#N)C(=O)Nc2ccc(OC)cc2)ccc1OCC(=O)Nc1ccccc1Cl. The average molecular weight is 506 g/mol. The number of nitrogens with zero attached hydrogens (tertiary/aromatic N) is 1. The van der Waals surface area contributed by atoms with Crippen molar-refractivity contribution in [3.05, 3.63) is 82.9 Å². The van der Waals surface area contributed by atoms with Gasteiger partial charge in [-0.25, -0.2) is 0 Å². The van der Waals surface area contributed by atoms with Crippen LogP contribution in [0.25, 0.3) is 6.08 Å². The lowest BCUT2D eigenvalue weighted by molar-refractivity contribution is -0.118. The minimum absolute atomic E-state index is 0.0962. The van der Waals surface area contributed by atoms with Crippen molar-refractivity contribution in [1.29, 1.82) is 5.26 Å². The van der Waals surface area contributed by atoms with E-state index in [1.807, 2.05) is 6.07 Å². The first-order chi connectivity index (χ1) is 17.4. The van der Waals surface area contributed by atoms with E-state index in [-0.39, 0.29) is 12.2 Å². The number of anilines is 2. The Labute approximate surface area is 214 Å². The van der Waals surface area contributed by atoms with Crippen LogP contribution in [0, 0.1) is 11.3 Å². The van der Waals surface area contributed by atoms with E-state index >= 15 is 0 Å². The number of hydrogen-bond acceptors (Lipinski definition) is 6. The molecule has 3 aromatic carbocycles. The summed E-state index contributed by atoms with van der Waals surface area (Å²) >= 11 is 6.07. The van der Waals surface area contributed by atoms with Gasteiger partial charge in [0.05, 0.1) is 24.4 Å². The summed E-state index contributed by atoms with van der Waals surface area (Å²) in [5.41, 5.74) is 1.46. The summed E-state index contributed by atoms with van der Waals surface area (Å²) in [6, 6.07) is 20.4. The summed E-state index contributed by atoms with van der Waals surface area (Å²) in [5, 5.41) is 15.3. The predicted octanol–water partition coefficient (Wildman–Crippen LogP) is 5.31. The first-order valence-corrected chi connectivity index (χ1v) is 11.3. The van der Waals surface area contributed by atoms with Gasteiger partial charge in [0, 0.05) is 5.69 Å². The molecular formula is C27H24ClN3O5. The summed E-state index contributed by atoms with van der Waals surface area (Å²) < 4.78 is 16.4. The van der Waals surface area contributed by atoms with Gasteiger partial charge in [-0.3, -0.25) is 9.59 Å². The Bertz CT molecular complexity index is 1300.